The lowest BCUT2D eigenvalue weighted by Crippen LogP contribution is -2.49. The van der Waals surface area contributed by atoms with Crippen LogP contribution in [0.4, 0.5) is 13.2 Å². The molecule has 1 aromatic heterocycles. The molecule has 1 saturated carbocycles. The van der Waals surface area contributed by atoms with E-state index in [4.69, 9.17) is 0 Å². The van der Waals surface area contributed by atoms with Crippen molar-refractivity contribution < 1.29 is 13.2 Å². The van der Waals surface area contributed by atoms with Gasteiger partial charge in [0.2, 0.25) is 0 Å². The summed E-state index contributed by atoms with van der Waals surface area (Å²) in [4.78, 5) is 7.12. The van der Waals surface area contributed by atoms with E-state index in [1.165, 1.54) is 6.42 Å². The molecule has 31 heavy (non-hydrogen) atoms. The van der Waals surface area contributed by atoms with E-state index in [2.05, 4.69) is 37.6 Å². The lowest BCUT2D eigenvalue weighted by molar-refractivity contribution is -0.182. The van der Waals surface area contributed by atoms with Crippen LogP contribution in [0.5, 0.6) is 0 Å². The molecule has 1 aliphatic carbocycles. The first-order chi connectivity index (χ1) is 14.3. The molecule has 7 nitrogen and oxygen atoms in total. The van der Waals surface area contributed by atoms with Gasteiger partial charge in [0.1, 0.15) is 12.4 Å². The number of aliphatic imine (C=N–C) groups is 1. The SMILES string of the molecule is CCN1CCCC1CNC(=NCc1nnc(C)n1C)NC1CCC(C(F)(F)F)CC1.I. The topological polar surface area (TPSA) is 70.4 Å². The molecule has 1 atom stereocenters. The second-order valence-corrected chi connectivity index (χ2v) is 8.43. The van der Waals surface area contributed by atoms with Crippen molar-refractivity contribution >= 4 is 29.9 Å². The maximum Gasteiger partial charge on any atom is 0.391 e. The molecule has 2 heterocycles. The van der Waals surface area contributed by atoms with E-state index in [1.807, 2.05) is 18.5 Å². The minimum absolute atomic E-state index is 0. The number of hydrogen-bond donors (Lipinski definition) is 2. The standard InChI is InChI=1S/C20H34F3N7.HI/c1-4-30-11-5-6-17(30)12-24-19(25-13-18-28-27-14(2)29(18)3)26-16-9-7-15(8-10-16)20(21,22)23;/h15-17H,4-13H2,1-3H3,(H2,24,25,26);1H. The minimum atomic E-state index is -4.09. The summed E-state index contributed by atoms with van der Waals surface area (Å²) in [5.74, 6) is 1.04. The highest BCUT2D eigenvalue weighted by molar-refractivity contribution is 14.0. The summed E-state index contributed by atoms with van der Waals surface area (Å²) in [5.41, 5.74) is 0. The maximum absolute atomic E-state index is 13.0. The van der Waals surface area contributed by atoms with Crippen molar-refractivity contribution in [1.29, 1.82) is 0 Å². The Morgan fingerprint density at radius 3 is 2.45 bits per heavy atom. The number of alkyl halides is 3. The van der Waals surface area contributed by atoms with Crippen LogP contribution in [0.3, 0.4) is 0 Å². The number of likely N-dealkylation sites (N-methyl/N-ethyl adjacent to an activating group) is 1. The quantitative estimate of drug-likeness (QED) is 0.319. The van der Waals surface area contributed by atoms with Gasteiger partial charge in [0.25, 0.3) is 0 Å². The third kappa shape index (κ3) is 7.19. The molecular weight excluding hydrogens is 522 g/mol. The fourth-order valence-electron chi connectivity index (χ4n) is 4.41. The summed E-state index contributed by atoms with van der Waals surface area (Å²) in [6.07, 6.45) is -0.411. The number of nitrogens with one attached hydrogen (secondary N) is 2. The van der Waals surface area contributed by atoms with Crippen molar-refractivity contribution in [3.63, 3.8) is 0 Å². The van der Waals surface area contributed by atoms with Gasteiger partial charge in [0, 0.05) is 25.7 Å². The van der Waals surface area contributed by atoms with Crippen molar-refractivity contribution in [3.8, 4) is 0 Å². The molecule has 0 radical (unpaired) electrons. The van der Waals surface area contributed by atoms with Crippen LogP contribution in [0.1, 0.15) is 57.1 Å². The van der Waals surface area contributed by atoms with Gasteiger partial charge >= 0.3 is 6.18 Å². The minimum Gasteiger partial charge on any atom is -0.355 e. The van der Waals surface area contributed by atoms with Crippen LogP contribution < -0.4 is 10.6 Å². The third-order valence-electron chi connectivity index (χ3n) is 6.50. The molecule has 178 valence electrons. The molecule has 2 fully saturated rings. The molecule has 1 unspecified atom stereocenters. The van der Waals surface area contributed by atoms with Crippen LogP contribution >= 0.6 is 24.0 Å². The summed E-state index contributed by atoms with van der Waals surface area (Å²) in [5, 5.41) is 15.0. The zero-order valence-corrected chi connectivity index (χ0v) is 20.9. The first-order valence-electron chi connectivity index (χ1n) is 11.0. The molecule has 1 aromatic rings. The largest absolute Gasteiger partial charge is 0.391 e. The van der Waals surface area contributed by atoms with Crippen molar-refractivity contribution in [2.45, 2.75) is 77.2 Å². The van der Waals surface area contributed by atoms with Gasteiger partial charge in [-0.25, -0.2) is 4.99 Å². The second-order valence-electron chi connectivity index (χ2n) is 8.43. The number of hydrogen-bond acceptors (Lipinski definition) is 4. The second kappa shape index (κ2) is 11.7. The lowest BCUT2D eigenvalue weighted by Gasteiger charge is -2.31. The number of rotatable bonds is 6. The zero-order valence-electron chi connectivity index (χ0n) is 18.6. The van der Waals surface area contributed by atoms with Crippen LogP contribution in [-0.2, 0) is 13.6 Å². The van der Waals surface area contributed by atoms with Gasteiger partial charge in [0.15, 0.2) is 11.8 Å². The summed E-state index contributed by atoms with van der Waals surface area (Å²) in [6.45, 7) is 7.33. The first kappa shape index (κ1) is 26.1. The van der Waals surface area contributed by atoms with Gasteiger partial charge in [-0.2, -0.15) is 13.2 Å². The van der Waals surface area contributed by atoms with Crippen LogP contribution in [-0.4, -0.2) is 63.5 Å². The van der Waals surface area contributed by atoms with Crippen molar-refractivity contribution in [2.24, 2.45) is 18.0 Å². The number of aromatic nitrogens is 3. The Morgan fingerprint density at radius 1 is 1.16 bits per heavy atom. The molecule has 0 bridgehead atoms. The van der Waals surface area contributed by atoms with Gasteiger partial charge in [-0.15, -0.1) is 34.2 Å². The van der Waals surface area contributed by atoms with Gasteiger partial charge in [0.05, 0.1) is 5.92 Å². The molecule has 1 saturated heterocycles. The van der Waals surface area contributed by atoms with Gasteiger partial charge in [-0.05, 0) is 58.5 Å². The van der Waals surface area contributed by atoms with Crippen LogP contribution in [0.2, 0.25) is 0 Å². The number of guanidine groups is 1. The van der Waals surface area contributed by atoms with Gasteiger partial charge in [-0.3, -0.25) is 4.90 Å². The van der Waals surface area contributed by atoms with Gasteiger partial charge < -0.3 is 15.2 Å². The average molecular weight is 557 g/mol. The van der Waals surface area contributed by atoms with E-state index in [-0.39, 0.29) is 42.9 Å². The Bertz CT molecular complexity index is 714. The normalized spacial score (nSPS) is 25.4. The van der Waals surface area contributed by atoms with E-state index in [1.54, 1.807) is 0 Å². The fraction of sp³-hybridized carbons (Fsp3) is 0.850. The molecule has 0 aromatic carbocycles. The monoisotopic (exact) mass is 557 g/mol. The Labute approximate surface area is 199 Å². The van der Waals surface area contributed by atoms with Crippen LogP contribution in [0, 0.1) is 12.8 Å². The van der Waals surface area contributed by atoms with Crippen molar-refractivity contribution in [2.75, 3.05) is 19.6 Å². The molecule has 11 heteroatoms. The van der Waals surface area contributed by atoms with Crippen LogP contribution in [0.15, 0.2) is 4.99 Å². The summed E-state index contributed by atoms with van der Waals surface area (Å²) >= 11 is 0. The summed E-state index contributed by atoms with van der Waals surface area (Å²) in [7, 11) is 1.90. The molecule has 2 aliphatic rings. The Morgan fingerprint density at radius 2 is 1.87 bits per heavy atom. The molecule has 2 N–H and O–H groups in total. The maximum atomic E-state index is 13.0. The Kier molecular flexibility index (Phi) is 9.84. The zero-order chi connectivity index (χ0) is 21.7. The average Bonchev–Trinajstić information content (AvgIpc) is 3.30. The third-order valence-corrected chi connectivity index (χ3v) is 6.50. The predicted octanol–water partition coefficient (Wildman–Crippen LogP) is 3.38. The molecular formula is C20H35F3IN7. The highest BCUT2D eigenvalue weighted by atomic mass is 127. The smallest absolute Gasteiger partial charge is 0.355 e. The van der Waals surface area contributed by atoms with E-state index in [0.29, 0.717) is 31.4 Å². The van der Waals surface area contributed by atoms with Crippen molar-refractivity contribution in [3.05, 3.63) is 11.6 Å². The molecule has 3 rings (SSSR count). The number of halogens is 4. The van der Waals surface area contributed by atoms with E-state index >= 15 is 0 Å². The van der Waals surface area contributed by atoms with E-state index < -0.39 is 12.1 Å². The van der Waals surface area contributed by atoms with E-state index in [0.717, 1.165) is 37.7 Å². The number of nitrogens with zero attached hydrogens (tertiary/aromatic N) is 5. The molecule has 0 amide bonds. The first-order valence-corrected chi connectivity index (χ1v) is 11.0. The lowest BCUT2D eigenvalue weighted by atomic mass is 9.85. The highest BCUT2D eigenvalue weighted by Crippen LogP contribution is 2.37. The fourth-order valence-corrected chi connectivity index (χ4v) is 4.41. The van der Waals surface area contributed by atoms with E-state index in [9.17, 15) is 13.2 Å². The van der Waals surface area contributed by atoms with Crippen LogP contribution in [0.25, 0.3) is 0 Å². The Hall–Kier alpha value is -1.11. The highest BCUT2D eigenvalue weighted by Gasteiger charge is 2.41. The molecule has 1 aliphatic heterocycles. The number of likely N-dealkylation sites (tertiary alicyclic amines) is 1. The summed E-state index contributed by atoms with van der Waals surface area (Å²) in [6, 6.07) is 0.460. The molecule has 0 spiro atoms. The summed E-state index contributed by atoms with van der Waals surface area (Å²) < 4.78 is 40.8. The number of aryl methyl sites for hydroxylation is 1. The van der Waals surface area contributed by atoms with Gasteiger partial charge in [-0.1, -0.05) is 6.92 Å². The Balaban J connectivity index is 0.00000341. The van der Waals surface area contributed by atoms with Crippen molar-refractivity contribution in [1.82, 2.24) is 30.3 Å². The predicted molar refractivity (Wildman–Crippen MR) is 126 cm³/mol.